The van der Waals surface area contributed by atoms with Crippen LogP contribution in [0.25, 0.3) is 0 Å². The number of carbonyl (C=O) groups is 1. The monoisotopic (exact) mass is 344 g/mol. The molecule has 1 aromatic heterocycles. The zero-order chi connectivity index (χ0) is 17.2. The van der Waals surface area contributed by atoms with Crippen molar-refractivity contribution >= 4 is 11.7 Å². The summed E-state index contributed by atoms with van der Waals surface area (Å²) in [5, 5.41) is 0. The molecule has 136 valence electrons. The molecule has 3 saturated heterocycles. The van der Waals surface area contributed by atoms with Crippen molar-refractivity contribution in [3.05, 3.63) is 23.9 Å². The minimum absolute atomic E-state index is 0.150. The average Bonchev–Trinajstić information content (AvgIpc) is 3.30. The molecule has 0 N–H and O–H groups in total. The van der Waals surface area contributed by atoms with Crippen molar-refractivity contribution in [1.29, 1.82) is 0 Å². The number of pyridine rings is 1. The van der Waals surface area contributed by atoms with Gasteiger partial charge in [0.2, 0.25) is 0 Å². The number of hydrogen-bond acceptors (Lipinski definition) is 5. The quantitative estimate of drug-likeness (QED) is 0.834. The molecule has 0 bridgehead atoms. The molecule has 0 unspecified atom stereocenters. The number of morpholine rings is 1. The van der Waals surface area contributed by atoms with Gasteiger partial charge in [-0.2, -0.15) is 0 Å². The van der Waals surface area contributed by atoms with Gasteiger partial charge in [-0.25, -0.2) is 4.98 Å². The van der Waals surface area contributed by atoms with Gasteiger partial charge in [0.25, 0.3) is 5.91 Å². The highest BCUT2D eigenvalue weighted by Gasteiger charge is 2.39. The maximum atomic E-state index is 13.4. The number of anilines is 1. The van der Waals surface area contributed by atoms with Crippen molar-refractivity contribution < 1.29 is 9.53 Å². The molecule has 4 heterocycles. The van der Waals surface area contributed by atoms with Gasteiger partial charge in [0, 0.05) is 37.9 Å². The third-order valence-electron chi connectivity index (χ3n) is 5.91. The Morgan fingerprint density at radius 2 is 1.88 bits per heavy atom. The van der Waals surface area contributed by atoms with Crippen LogP contribution in [0.1, 0.15) is 36.0 Å². The van der Waals surface area contributed by atoms with E-state index < -0.39 is 0 Å². The van der Waals surface area contributed by atoms with E-state index in [1.54, 1.807) is 6.20 Å². The van der Waals surface area contributed by atoms with Gasteiger partial charge in [-0.3, -0.25) is 4.79 Å². The molecule has 4 rings (SSSR count). The summed E-state index contributed by atoms with van der Waals surface area (Å²) in [5.41, 5.74) is 0.747. The molecule has 0 aromatic carbocycles. The first-order valence-electron chi connectivity index (χ1n) is 9.54. The molecule has 3 aliphatic rings. The standard InChI is InChI=1S/C19H28N4O2/c1-21-9-3-6-16(21)17-7-4-10-23(17)19(24)15-5-2-8-20-18(15)22-11-13-25-14-12-22/h2,5,8,16-17H,3-4,6-7,9-14H2,1H3/t16-,17+/m0/s1. The zero-order valence-corrected chi connectivity index (χ0v) is 15.1. The van der Waals surface area contributed by atoms with Crippen LogP contribution in [0.3, 0.4) is 0 Å². The predicted molar refractivity (Wildman–Crippen MR) is 97.0 cm³/mol. The SMILES string of the molecule is CN1CCC[C@H]1[C@H]1CCCN1C(=O)c1cccnc1N1CCOCC1. The summed E-state index contributed by atoms with van der Waals surface area (Å²) in [4.78, 5) is 24.7. The molecule has 0 radical (unpaired) electrons. The number of likely N-dealkylation sites (tertiary alicyclic amines) is 2. The Morgan fingerprint density at radius 1 is 1.12 bits per heavy atom. The second-order valence-electron chi connectivity index (χ2n) is 7.37. The second-order valence-corrected chi connectivity index (χ2v) is 7.37. The maximum absolute atomic E-state index is 13.4. The molecule has 0 aliphatic carbocycles. The van der Waals surface area contributed by atoms with Crippen molar-refractivity contribution in [2.45, 2.75) is 37.8 Å². The van der Waals surface area contributed by atoms with E-state index in [9.17, 15) is 4.79 Å². The number of rotatable bonds is 3. The van der Waals surface area contributed by atoms with Crippen LogP contribution in [0.2, 0.25) is 0 Å². The third-order valence-corrected chi connectivity index (χ3v) is 5.91. The number of aromatic nitrogens is 1. The van der Waals surface area contributed by atoms with Gasteiger partial charge < -0.3 is 19.4 Å². The highest BCUT2D eigenvalue weighted by atomic mass is 16.5. The summed E-state index contributed by atoms with van der Waals surface area (Å²) in [7, 11) is 2.20. The van der Waals surface area contributed by atoms with E-state index in [4.69, 9.17) is 4.74 Å². The lowest BCUT2D eigenvalue weighted by Crippen LogP contribution is -2.47. The lowest BCUT2D eigenvalue weighted by atomic mass is 10.0. The molecule has 1 aromatic rings. The molecule has 6 heteroatoms. The van der Waals surface area contributed by atoms with E-state index in [2.05, 4.69) is 26.7 Å². The van der Waals surface area contributed by atoms with Crippen LogP contribution in [0.4, 0.5) is 5.82 Å². The van der Waals surface area contributed by atoms with Crippen LogP contribution in [0, 0.1) is 0 Å². The van der Waals surface area contributed by atoms with Gasteiger partial charge in [-0.05, 0) is 51.4 Å². The van der Waals surface area contributed by atoms with E-state index in [0.717, 1.165) is 50.4 Å². The third kappa shape index (κ3) is 3.25. The van der Waals surface area contributed by atoms with Gasteiger partial charge in [-0.1, -0.05) is 0 Å². The highest BCUT2D eigenvalue weighted by molar-refractivity contribution is 5.99. The Morgan fingerprint density at radius 3 is 2.64 bits per heavy atom. The van der Waals surface area contributed by atoms with Crippen LogP contribution < -0.4 is 4.90 Å². The Balaban J connectivity index is 1.58. The second kappa shape index (κ2) is 7.30. The van der Waals surface area contributed by atoms with Crippen LogP contribution in [0.5, 0.6) is 0 Å². The number of hydrogen-bond donors (Lipinski definition) is 0. The lowest BCUT2D eigenvalue weighted by Gasteiger charge is -2.34. The molecule has 6 nitrogen and oxygen atoms in total. The van der Waals surface area contributed by atoms with E-state index >= 15 is 0 Å². The van der Waals surface area contributed by atoms with Crippen LogP contribution >= 0.6 is 0 Å². The number of likely N-dealkylation sites (N-methyl/N-ethyl adjacent to an activating group) is 1. The van der Waals surface area contributed by atoms with Crippen LogP contribution in [-0.4, -0.2) is 79.2 Å². The fraction of sp³-hybridized carbons (Fsp3) is 0.684. The van der Waals surface area contributed by atoms with Gasteiger partial charge in [-0.15, -0.1) is 0 Å². The van der Waals surface area contributed by atoms with Crippen LogP contribution in [-0.2, 0) is 4.74 Å². The number of nitrogens with zero attached hydrogens (tertiary/aromatic N) is 4. The smallest absolute Gasteiger partial charge is 0.257 e. The summed E-state index contributed by atoms with van der Waals surface area (Å²) in [6.45, 7) is 5.01. The first kappa shape index (κ1) is 16.8. The van der Waals surface area contributed by atoms with Crippen molar-refractivity contribution in [3.63, 3.8) is 0 Å². The molecular formula is C19H28N4O2. The minimum Gasteiger partial charge on any atom is -0.378 e. The predicted octanol–water partition coefficient (Wildman–Crippen LogP) is 1.62. The average molecular weight is 344 g/mol. The van der Waals surface area contributed by atoms with Gasteiger partial charge in [0.15, 0.2) is 0 Å². The summed E-state index contributed by atoms with van der Waals surface area (Å²) < 4.78 is 5.45. The molecule has 3 aliphatic heterocycles. The first-order valence-corrected chi connectivity index (χ1v) is 9.54. The zero-order valence-electron chi connectivity index (χ0n) is 15.1. The van der Waals surface area contributed by atoms with Gasteiger partial charge in [0.1, 0.15) is 5.82 Å². The normalized spacial score (nSPS) is 27.9. The Bertz CT molecular complexity index is 617. The topological polar surface area (TPSA) is 48.9 Å². The molecule has 1 amide bonds. The molecule has 3 fully saturated rings. The van der Waals surface area contributed by atoms with E-state index in [1.165, 1.54) is 12.8 Å². The van der Waals surface area contributed by atoms with Crippen molar-refractivity contribution in [3.8, 4) is 0 Å². The van der Waals surface area contributed by atoms with E-state index in [0.29, 0.717) is 25.3 Å². The van der Waals surface area contributed by atoms with Crippen molar-refractivity contribution in [1.82, 2.24) is 14.8 Å². The number of amides is 1. The summed E-state index contributed by atoms with van der Waals surface area (Å²) in [5.74, 6) is 0.971. The van der Waals surface area contributed by atoms with Crippen LogP contribution in [0.15, 0.2) is 18.3 Å². The minimum atomic E-state index is 0.150. The van der Waals surface area contributed by atoms with E-state index in [-0.39, 0.29) is 5.91 Å². The fourth-order valence-corrected chi connectivity index (χ4v) is 4.61. The Kier molecular flexibility index (Phi) is 4.90. The Hall–Kier alpha value is -1.66. The summed E-state index contributed by atoms with van der Waals surface area (Å²) >= 11 is 0. The number of carbonyl (C=O) groups excluding carboxylic acids is 1. The maximum Gasteiger partial charge on any atom is 0.257 e. The first-order chi connectivity index (χ1) is 12.3. The van der Waals surface area contributed by atoms with Gasteiger partial charge in [0.05, 0.1) is 18.8 Å². The molecular weight excluding hydrogens is 316 g/mol. The summed E-state index contributed by atoms with van der Waals surface area (Å²) in [6, 6.07) is 4.67. The van der Waals surface area contributed by atoms with E-state index in [1.807, 2.05) is 12.1 Å². The van der Waals surface area contributed by atoms with Gasteiger partial charge >= 0.3 is 0 Å². The van der Waals surface area contributed by atoms with Crippen molar-refractivity contribution in [2.75, 3.05) is 51.3 Å². The molecule has 2 atom stereocenters. The molecule has 0 saturated carbocycles. The highest BCUT2D eigenvalue weighted by Crippen LogP contribution is 2.31. The number of ether oxygens (including phenoxy) is 1. The lowest BCUT2D eigenvalue weighted by molar-refractivity contribution is 0.0663. The largest absolute Gasteiger partial charge is 0.378 e. The fourth-order valence-electron chi connectivity index (χ4n) is 4.61. The Labute approximate surface area is 149 Å². The molecule has 0 spiro atoms. The summed E-state index contributed by atoms with van der Waals surface area (Å²) in [6.07, 6.45) is 6.45. The molecule has 25 heavy (non-hydrogen) atoms. The van der Waals surface area contributed by atoms with Crippen molar-refractivity contribution in [2.24, 2.45) is 0 Å².